The second-order valence-electron chi connectivity index (χ2n) is 11.4. The lowest BCUT2D eigenvalue weighted by atomic mass is 9.91. The van der Waals surface area contributed by atoms with Crippen LogP contribution in [0.4, 0.5) is 0 Å². The number of hydrogen-bond donors (Lipinski definition) is 1. The van der Waals surface area contributed by atoms with Crippen LogP contribution in [0.2, 0.25) is 0 Å². The van der Waals surface area contributed by atoms with E-state index in [1.807, 2.05) is 12.1 Å². The fourth-order valence-corrected chi connectivity index (χ4v) is 6.33. The molecule has 0 amide bonds. The Bertz CT molecular complexity index is 1550. The number of hydrogen-bond acceptors (Lipinski definition) is 7. The van der Waals surface area contributed by atoms with Crippen molar-refractivity contribution in [3.63, 3.8) is 0 Å². The standard InChI is InChI=1S/C33H38N4O5/c1-21-6-4-7-27(29-8-5-9-30(35-29)37-32(40-3)28(16-34-37)33(38)39)31(21)42-20-25-11-10-24-18-36(14-12-26(24)22(25)2)17-23-13-15-41-19-23/h5,7-11,16,23H,4,6,12-15,17-20H2,1-3H3,(H,38,39)/t23-/m0/s1. The van der Waals surface area contributed by atoms with Gasteiger partial charge in [0.1, 0.15) is 17.9 Å². The molecule has 42 heavy (non-hydrogen) atoms. The van der Waals surface area contributed by atoms with Crippen LogP contribution in [0.25, 0.3) is 11.4 Å². The van der Waals surface area contributed by atoms with Crippen molar-refractivity contribution in [2.45, 2.75) is 52.7 Å². The maximum absolute atomic E-state index is 11.6. The van der Waals surface area contributed by atoms with Gasteiger partial charge in [0.2, 0.25) is 5.88 Å². The Balaban J connectivity index is 1.19. The van der Waals surface area contributed by atoms with E-state index in [-0.39, 0.29) is 11.4 Å². The first kappa shape index (κ1) is 28.2. The Morgan fingerprint density at radius 1 is 1.19 bits per heavy atom. The number of aromatic carboxylic acids is 1. The van der Waals surface area contributed by atoms with Gasteiger partial charge in [-0.15, -0.1) is 0 Å². The van der Waals surface area contributed by atoms with E-state index in [1.54, 1.807) is 6.07 Å². The van der Waals surface area contributed by atoms with E-state index in [4.69, 9.17) is 19.2 Å². The van der Waals surface area contributed by atoms with Crippen LogP contribution in [-0.2, 0) is 29.0 Å². The highest BCUT2D eigenvalue weighted by molar-refractivity contribution is 5.90. The minimum Gasteiger partial charge on any atom is -0.488 e. The normalized spacial score (nSPS) is 19.0. The van der Waals surface area contributed by atoms with E-state index in [9.17, 15) is 9.90 Å². The van der Waals surface area contributed by atoms with Gasteiger partial charge in [-0.25, -0.2) is 9.78 Å². The molecule has 220 valence electrons. The molecule has 3 aliphatic rings. The van der Waals surface area contributed by atoms with Crippen LogP contribution in [0.1, 0.15) is 64.5 Å². The van der Waals surface area contributed by atoms with Gasteiger partial charge in [0.25, 0.3) is 0 Å². The number of carbonyl (C=O) groups is 1. The zero-order valence-corrected chi connectivity index (χ0v) is 24.6. The summed E-state index contributed by atoms with van der Waals surface area (Å²) in [6.07, 6.45) is 7.51. The van der Waals surface area contributed by atoms with Gasteiger partial charge in [-0.3, -0.25) is 4.90 Å². The molecule has 2 aliphatic heterocycles. The van der Waals surface area contributed by atoms with Gasteiger partial charge in [-0.2, -0.15) is 9.78 Å². The van der Waals surface area contributed by atoms with Gasteiger partial charge >= 0.3 is 5.97 Å². The summed E-state index contributed by atoms with van der Waals surface area (Å²) in [5, 5.41) is 13.7. The molecule has 1 aromatic carbocycles. The molecule has 1 aliphatic carbocycles. The lowest BCUT2D eigenvalue weighted by Gasteiger charge is -2.32. The molecular formula is C33H38N4O5. The number of carboxylic acids is 1. The average Bonchev–Trinajstić information content (AvgIpc) is 3.67. The fourth-order valence-electron chi connectivity index (χ4n) is 6.33. The molecule has 1 saturated heterocycles. The number of rotatable bonds is 9. The van der Waals surface area contributed by atoms with E-state index in [0.717, 1.165) is 69.1 Å². The molecule has 0 saturated carbocycles. The first-order chi connectivity index (χ1) is 20.4. The maximum atomic E-state index is 11.6. The third kappa shape index (κ3) is 5.58. The third-order valence-electron chi connectivity index (χ3n) is 8.67. The van der Waals surface area contributed by atoms with Crippen LogP contribution in [-0.4, -0.2) is 64.2 Å². The highest BCUT2D eigenvalue weighted by atomic mass is 16.5. The second-order valence-corrected chi connectivity index (χ2v) is 11.4. The van der Waals surface area contributed by atoms with Crippen molar-refractivity contribution >= 4 is 11.5 Å². The second kappa shape index (κ2) is 12.1. The van der Waals surface area contributed by atoms with Crippen LogP contribution in [0, 0.1) is 12.8 Å². The minimum absolute atomic E-state index is 0.0158. The lowest BCUT2D eigenvalue weighted by Crippen LogP contribution is -2.35. The van der Waals surface area contributed by atoms with Crippen molar-refractivity contribution in [3.05, 3.63) is 87.4 Å². The fraction of sp³-hybridized carbons (Fsp3) is 0.424. The number of pyridine rings is 1. The number of carboxylic acid groups (broad SMARTS) is 1. The highest BCUT2D eigenvalue weighted by Crippen LogP contribution is 2.35. The van der Waals surface area contributed by atoms with E-state index >= 15 is 0 Å². The number of fused-ring (bicyclic) bond motifs is 1. The average molecular weight is 571 g/mol. The van der Waals surface area contributed by atoms with Gasteiger partial charge in [-0.1, -0.05) is 24.3 Å². The first-order valence-corrected chi connectivity index (χ1v) is 14.7. The molecule has 0 unspecified atom stereocenters. The van der Waals surface area contributed by atoms with Crippen LogP contribution in [0.3, 0.4) is 0 Å². The number of methoxy groups -OCH3 is 1. The van der Waals surface area contributed by atoms with Crippen molar-refractivity contribution in [3.8, 4) is 11.7 Å². The summed E-state index contributed by atoms with van der Waals surface area (Å²) in [6, 6.07) is 10.1. The van der Waals surface area contributed by atoms with E-state index in [1.165, 1.54) is 52.2 Å². The molecular weight excluding hydrogens is 532 g/mol. The van der Waals surface area contributed by atoms with Gasteiger partial charge in [0.05, 0.1) is 25.6 Å². The minimum atomic E-state index is -1.10. The zero-order chi connectivity index (χ0) is 29.2. The van der Waals surface area contributed by atoms with Gasteiger partial charge in [0.15, 0.2) is 5.82 Å². The van der Waals surface area contributed by atoms with Crippen LogP contribution in [0.5, 0.6) is 5.88 Å². The van der Waals surface area contributed by atoms with Crippen LogP contribution >= 0.6 is 0 Å². The maximum Gasteiger partial charge on any atom is 0.342 e. The highest BCUT2D eigenvalue weighted by Gasteiger charge is 2.25. The Hall–Kier alpha value is -3.95. The number of nitrogens with zero attached hydrogens (tertiary/aromatic N) is 4. The molecule has 6 rings (SSSR count). The third-order valence-corrected chi connectivity index (χ3v) is 8.67. The topological polar surface area (TPSA) is 98.9 Å². The Labute approximate surface area is 246 Å². The van der Waals surface area contributed by atoms with Crippen molar-refractivity contribution < 1.29 is 24.1 Å². The first-order valence-electron chi connectivity index (χ1n) is 14.7. The molecule has 0 spiro atoms. The Kier molecular flexibility index (Phi) is 8.13. The zero-order valence-electron chi connectivity index (χ0n) is 24.6. The van der Waals surface area contributed by atoms with Crippen molar-refractivity contribution in [2.75, 3.05) is 33.4 Å². The molecule has 1 atom stereocenters. The van der Waals surface area contributed by atoms with Crippen molar-refractivity contribution in [1.82, 2.24) is 19.7 Å². The quantitative estimate of drug-likeness (QED) is 0.368. The predicted octanol–water partition coefficient (Wildman–Crippen LogP) is 5.35. The SMILES string of the molecule is COc1c(C(=O)O)cnn1-c1cccc(C2=CCCC(C)=C2OCc2ccc3c(c2C)CCN(C[C@@H]2CCOC2)C3)n1. The largest absolute Gasteiger partial charge is 0.488 e. The smallest absolute Gasteiger partial charge is 0.342 e. The molecule has 9 heteroatoms. The molecule has 4 heterocycles. The summed E-state index contributed by atoms with van der Waals surface area (Å²) >= 11 is 0. The number of allylic oxidation sites excluding steroid dienone is 3. The number of aromatic nitrogens is 3. The monoisotopic (exact) mass is 570 g/mol. The van der Waals surface area contributed by atoms with E-state index in [0.29, 0.717) is 18.3 Å². The van der Waals surface area contributed by atoms with Crippen molar-refractivity contribution in [2.24, 2.45) is 5.92 Å². The predicted molar refractivity (Wildman–Crippen MR) is 159 cm³/mol. The van der Waals surface area contributed by atoms with Crippen LogP contribution in [0.15, 0.2) is 53.9 Å². The molecule has 0 bridgehead atoms. The summed E-state index contributed by atoms with van der Waals surface area (Å²) in [5.41, 5.74) is 8.28. The molecule has 9 nitrogen and oxygen atoms in total. The summed E-state index contributed by atoms with van der Waals surface area (Å²) in [4.78, 5) is 19.0. The van der Waals surface area contributed by atoms with Crippen LogP contribution < -0.4 is 4.74 Å². The van der Waals surface area contributed by atoms with Gasteiger partial charge in [0, 0.05) is 31.8 Å². The summed E-state index contributed by atoms with van der Waals surface area (Å²) in [6.45, 7) is 9.84. The van der Waals surface area contributed by atoms with Gasteiger partial charge in [-0.05, 0) is 85.4 Å². The van der Waals surface area contributed by atoms with Gasteiger partial charge < -0.3 is 19.3 Å². The summed E-state index contributed by atoms with van der Waals surface area (Å²) < 4.78 is 18.9. The number of benzene rings is 1. The molecule has 0 radical (unpaired) electrons. The molecule has 1 N–H and O–H groups in total. The number of ether oxygens (including phenoxy) is 3. The molecule has 3 aromatic rings. The summed E-state index contributed by atoms with van der Waals surface area (Å²) in [5.74, 6) is 1.01. The Morgan fingerprint density at radius 3 is 2.86 bits per heavy atom. The van der Waals surface area contributed by atoms with E-state index in [2.05, 4.69) is 42.1 Å². The molecule has 2 aromatic heterocycles. The Morgan fingerprint density at radius 2 is 2.07 bits per heavy atom. The molecule has 1 fully saturated rings. The van der Waals surface area contributed by atoms with E-state index < -0.39 is 5.97 Å². The summed E-state index contributed by atoms with van der Waals surface area (Å²) in [7, 11) is 1.43. The van der Waals surface area contributed by atoms with Crippen molar-refractivity contribution in [1.29, 1.82) is 0 Å². The lowest BCUT2D eigenvalue weighted by molar-refractivity contribution is 0.0693.